The Kier molecular flexibility index (Phi) is 5.82. The van der Waals surface area contributed by atoms with Crippen molar-refractivity contribution < 1.29 is 27.6 Å². The molecule has 1 aliphatic heterocycles. The Morgan fingerprint density at radius 1 is 1.13 bits per heavy atom. The van der Waals surface area contributed by atoms with Crippen molar-refractivity contribution in [2.75, 3.05) is 23.8 Å². The number of benzene rings is 2. The van der Waals surface area contributed by atoms with E-state index >= 15 is 0 Å². The van der Waals surface area contributed by atoms with Gasteiger partial charge in [0.1, 0.15) is 6.54 Å². The van der Waals surface area contributed by atoms with Crippen LogP contribution in [-0.4, -0.2) is 42.3 Å². The van der Waals surface area contributed by atoms with Gasteiger partial charge in [0.15, 0.2) is 0 Å². The Labute approximate surface area is 171 Å². The van der Waals surface area contributed by atoms with Crippen LogP contribution < -0.4 is 10.2 Å². The largest absolute Gasteiger partial charge is 0.416 e. The third-order valence-electron chi connectivity index (χ3n) is 4.81. The second-order valence-corrected chi connectivity index (χ2v) is 7.12. The molecule has 0 spiro atoms. The fourth-order valence-corrected chi connectivity index (χ4v) is 3.34. The molecule has 30 heavy (non-hydrogen) atoms. The summed E-state index contributed by atoms with van der Waals surface area (Å²) in [6, 6.07) is 10.2. The summed E-state index contributed by atoms with van der Waals surface area (Å²) in [6.45, 7) is 1.43. The first-order chi connectivity index (χ1) is 14.1. The number of hydrogen-bond acceptors (Lipinski definition) is 3. The molecule has 1 N–H and O–H groups in total. The number of nitrogens with one attached hydrogen (secondary N) is 1. The third-order valence-corrected chi connectivity index (χ3v) is 4.81. The zero-order chi connectivity index (χ0) is 22.1. The summed E-state index contributed by atoms with van der Waals surface area (Å²) in [5.74, 6) is -1.21. The van der Waals surface area contributed by atoms with E-state index in [2.05, 4.69) is 5.32 Å². The number of hydrogen-bond donors (Lipinski definition) is 1. The van der Waals surface area contributed by atoms with Gasteiger partial charge in [-0.05, 0) is 43.3 Å². The molecule has 1 heterocycles. The molecule has 2 aromatic carbocycles. The van der Waals surface area contributed by atoms with Gasteiger partial charge >= 0.3 is 6.18 Å². The van der Waals surface area contributed by atoms with E-state index in [9.17, 15) is 27.6 Å². The maximum absolute atomic E-state index is 13.0. The smallest absolute Gasteiger partial charge is 0.332 e. The highest BCUT2D eigenvalue weighted by Gasteiger charge is 2.32. The monoisotopic (exact) mass is 419 g/mol. The maximum Gasteiger partial charge on any atom is 0.416 e. The molecule has 2 aromatic rings. The predicted octanol–water partition coefficient (Wildman–Crippen LogP) is 3.54. The summed E-state index contributed by atoms with van der Waals surface area (Å²) >= 11 is 0. The highest BCUT2D eigenvalue weighted by Crippen LogP contribution is 2.32. The molecular weight excluding hydrogens is 399 g/mol. The van der Waals surface area contributed by atoms with Crippen molar-refractivity contribution in [3.8, 4) is 0 Å². The average Bonchev–Trinajstić information content (AvgIpc) is 2.80. The van der Waals surface area contributed by atoms with E-state index in [0.29, 0.717) is 11.4 Å². The number of amides is 3. The minimum Gasteiger partial charge on any atom is -0.332 e. The van der Waals surface area contributed by atoms with Crippen LogP contribution in [0.3, 0.4) is 0 Å². The third kappa shape index (κ3) is 4.45. The number of carbonyl (C=O) groups excluding carboxylic acids is 3. The van der Waals surface area contributed by atoms with Crippen LogP contribution in [0.15, 0.2) is 48.5 Å². The Balaban J connectivity index is 1.78. The second kappa shape index (κ2) is 8.17. The van der Waals surface area contributed by atoms with Crippen molar-refractivity contribution in [1.82, 2.24) is 4.90 Å². The molecule has 0 radical (unpaired) electrons. The van der Waals surface area contributed by atoms with Crippen molar-refractivity contribution in [2.45, 2.75) is 25.6 Å². The van der Waals surface area contributed by atoms with Crippen LogP contribution >= 0.6 is 0 Å². The number of anilines is 2. The summed E-state index contributed by atoms with van der Waals surface area (Å²) in [5.41, 5.74) is 0.206. The van der Waals surface area contributed by atoms with Crippen LogP contribution in [0.1, 0.15) is 29.3 Å². The first-order valence-electron chi connectivity index (χ1n) is 9.21. The molecule has 6 nitrogen and oxygen atoms in total. The first kappa shape index (κ1) is 21.4. The topological polar surface area (TPSA) is 69.7 Å². The van der Waals surface area contributed by atoms with Gasteiger partial charge in [0, 0.05) is 25.1 Å². The van der Waals surface area contributed by atoms with Crippen molar-refractivity contribution in [2.24, 2.45) is 0 Å². The lowest BCUT2D eigenvalue weighted by Crippen LogP contribution is -2.45. The summed E-state index contributed by atoms with van der Waals surface area (Å²) in [7, 11) is 1.40. The molecule has 0 saturated carbocycles. The Hall–Kier alpha value is -3.36. The van der Waals surface area contributed by atoms with Gasteiger partial charge in [0.25, 0.3) is 5.91 Å². The molecule has 3 amide bonds. The first-order valence-corrected chi connectivity index (χ1v) is 9.21. The molecule has 9 heteroatoms. The van der Waals surface area contributed by atoms with E-state index in [4.69, 9.17) is 0 Å². The molecule has 0 fully saturated rings. The molecule has 0 bridgehead atoms. The Morgan fingerprint density at radius 3 is 2.40 bits per heavy atom. The number of likely N-dealkylation sites (N-methyl/N-ethyl adjacent to an activating group) is 1. The lowest BCUT2D eigenvalue weighted by Gasteiger charge is -2.29. The van der Waals surface area contributed by atoms with Gasteiger partial charge in [-0.1, -0.05) is 12.1 Å². The quantitative estimate of drug-likeness (QED) is 0.828. The van der Waals surface area contributed by atoms with Crippen LogP contribution in [0.2, 0.25) is 0 Å². The van der Waals surface area contributed by atoms with Gasteiger partial charge in [-0.2, -0.15) is 13.2 Å². The molecule has 1 aliphatic rings. The molecule has 0 aromatic heterocycles. The van der Waals surface area contributed by atoms with E-state index in [0.717, 1.165) is 29.2 Å². The fraction of sp³-hybridized carbons (Fsp3) is 0.286. The Bertz CT molecular complexity index is 973. The molecule has 1 atom stereocenters. The number of para-hydroxylation sites is 2. The van der Waals surface area contributed by atoms with E-state index in [1.54, 1.807) is 31.2 Å². The number of carbonyl (C=O) groups is 3. The number of fused-ring (bicyclic) bond motifs is 1. The Morgan fingerprint density at radius 2 is 1.77 bits per heavy atom. The number of rotatable bonds is 3. The average molecular weight is 419 g/mol. The normalized spacial score (nSPS) is 16.4. The second-order valence-electron chi connectivity index (χ2n) is 7.12. The summed E-state index contributed by atoms with van der Waals surface area (Å²) in [5, 5.41) is 2.75. The van der Waals surface area contributed by atoms with Crippen molar-refractivity contribution in [3.05, 3.63) is 59.7 Å². The van der Waals surface area contributed by atoms with Gasteiger partial charge < -0.3 is 15.1 Å². The summed E-state index contributed by atoms with van der Waals surface area (Å²) < 4.78 is 38.1. The van der Waals surface area contributed by atoms with Crippen LogP contribution in [0.5, 0.6) is 0 Å². The van der Waals surface area contributed by atoms with Gasteiger partial charge in [-0.15, -0.1) is 0 Å². The number of nitrogens with zero attached hydrogens (tertiary/aromatic N) is 2. The molecule has 0 saturated heterocycles. The zero-order valence-corrected chi connectivity index (χ0v) is 16.4. The molecule has 158 valence electrons. The van der Waals surface area contributed by atoms with Gasteiger partial charge in [0.2, 0.25) is 11.8 Å². The minimum absolute atomic E-state index is 0.0412. The molecular formula is C21H20F3N3O3. The van der Waals surface area contributed by atoms with E-state index < -0.39 is 29.6 Å². The van der Waals surface area contributed by atoms with Gasteiger partial charge in [0.05, 0.1) is 16.9 Å². The SMILES string of the molecule is C[C@@H]1CC(=O)Nc2ccccc2N1C(=O)CN(C)C(=O)c1ccc(C(F)(F)F)cc1. The maximum atomic E-state index is 13.0. The predicted molar refractivity (Wildman–Crippen MR) is 105 cm³/mol. The highest BCUT2D eigenvalue weighted by molar-refractivity contribution is 6.06. The van der Waals surface area contributed by atoms with Crippen LogP contribution in [0, 0.1) is 0 Å². The van der Waals surface area contributed by atoms with Crippen LogP contribution in [0.4, 0.5) is 24.5 Å². The molecule has 0 aliphatic carbocycles. The molecule has 0 unspecified atom stereocenters. The summed E-state index contributed by atoms with van der Waals surface area (Å²) in [4.78, 5) is 40.2. The van der Waals surface area contributed by atoms with Crippen LogP contribution in [-0.2, 0) is 15.8 Å². The van der Waals surface area contributed by atoms with Crippen molar-refractivity contribution in [3.63, 3.8) is 0 Å². The summed E-state index contributed by atoms with van der Waals surface area (Å²) in [6.07, 6.45) is -4.40. The number of halogens is 3. The van der Waals surface area contributed by atoms with E-state index in [-0.39, 0.29) is 24.4 Å². The highest BCUT2D eigenvalue weighted by atomic mass is 19.4. The zero-order valence-electron chi connectivity index (χ0n) is 16.4. The van der Waals surface area contributed by atoms with E-state index in [1.165, 1.54) is 11.9 Å². The van der Waals surface area contributed by atoms with Crippen molar-refractivity contribution in [1.29, 1.82) is 0 Å². The van der Waals surface area contributed by atoms with Crippen molar-refractivity contribution >= 4 is 29.1 Å². The standard InChI is InChI=1S/C21H20F3N3O3/c1-13-11-18(28)25-16-5-3-4-6-17(16)27(13)19(29)12-26(2)20(30)14-7-9-15(10-8-14)21(22,23)24/h3-10,13H,11-12H2,1-2H3,(H,25,28)/t13-/m1/s1. The molecule has 3 rings (SSSR count). The van der Waals surface area contributed by atoms with Gasteiger partial charge in [-0.3, -0.25) is 14.4 Å². The lowest BCUT2D eigenvalue weighted by atomic mass is 10.1. The van der Waals surface area contributed by atoms with Crippen LogP contribution in [0.25, 0.3) is 0 Å². The van der Waals surface area contributed by atoms with E-state index in [1.807, 2.05) is 0 Å². The van der Waals surface area contributed by atoms with Gasteiger partial charge in [-0.25, -0.2) is 0 Å². The minimum atomic E-state index is -4.49. The lowest BCUT2D eigenvalue weighted by molar-refractivity contribution is -0.137. The number of alkyl halides is 3. The fourth-order valence-electron chi connectivity index (χ4n) is 3.34.